The molecular weight excluding hydrogens is 456 g/mol. The van der Waals surface area contributed by atoms with Gasteiger partial charge >= 0.3 is 5.76 Å². The summed E-state index contributed by atoms with van der Waals surface area (Å²) >= 11 is 7.59. The maximum Gasteiger partial charge on any atom is 0.419 e. The molecule has 0 fully saturated rings. The van der Waals surface area contributed by atoms with E-state index in [0.717, 1.165) is 10.4 Å². The van der Waals surface area contributed by atoms with Crippen LogP contribution in [0.5, 0.6) is 0 Å². The highest BCUT2D eigenvalue weighted by Crippen LogP contribution is 2.27. The number of rotatable bonds is 7. The highest BCUT2D eigenvalue weighted by Gasteiger charge is 2.30. The predicted octanol–water partition coefficient (Wildman–Crippen LogP) is 4.67. The summed E-state index contributed by atoms with van der Waals surface area (Å²) < 4.78 is 35.4. The van der Waals surface area contributed by atoms with Gasteiger partial charge in [-0.25, -0.2) is 13.2 Å². The van der Waals surface area contributed by atoms with E-state index in [-0.39, 0.29) is 23.1 Å². The third kappa shape index (κ3) is 4.48. The van der Waals surface area contributed by atoms with E-state index in [4.69, 9.17) is 16.0 Å². The van der Waals surface area contributed by atoms with Crippen LogP contribution in [0, 0.1) is 0 Å². The zero-order valence-corrected chi connectivity index (χ0v) is 19.4. The topological polar surface area (TPSA) is 72.5 Å². The summed E-state index contributed by atoms with van der Waals surface area (Å²) in [6.45, 7) is 2.09. The van der Waals surface area contributed by atoms with Gasteiger partial charge in [0, 0.05) is 35.6 Å². The zero-order chi connectivity index (χ0) is 22.2. The number of hydrogen-bond acceptors (Lipinski definition) is 5. The lowest BCUT2D eigenvalue weighted by Gasteiger charge is -2.28. The third-order valence-corrected chi connectivity index (χ3v) is 8.30. The van der Waals surface area contributed by atoms with Gasteiger partial charge in [0.15, 0.2) is 5.58 Å². The molecule has 0 aliphatic heterocycles. The van der Waals surface area contributed by atoms with E-state index in [1.165, 1.54) is 21.0 Å². The molecule has 0 bridgehead atoms. The molecule has 4 rings (SSSR count). The molecule has 31 heavy (non-hydrogen) atoms. The molecular formula is C22H21ClN2O4S2. The standard InChI is InChI=1S/C22H21ClN2O4S2/c1-15(12-18-4-3-11-30-18)25(14-16-5-7-17(23)8-6-16)31(27,28)19-9-10-20-21(13-19)29-22(26)24(20)2/h3-11,13,15H,12,14H2,1-2H3/t15-/m0/s1. The van der Waals surface area contributed by atoms with Crippen molar-refractivity contribution in [3.63, 3.8) is 0 Å². The predicted molar refractivity (Wildman–Crippen MR) is 123 cm³/mol. The third-order valence-electron chi connectivity index (χ3n) is 5.19. The second-order valence-electron chi connectivity index (χ2n) is 7.37. The lowest BCUT2D eigenvalue weighted by molar-refractivity contribution is 0.329. The number of sulfonamides is 1. The van der Waals surface area contributed by atoms with Gasteiger partial charge < -0.3 is 4.42 Å². The summed E-state index contributed by atoms with van der Waals surface area (Å²) in [5.74, 6) is -0.534. The van der Waals surface area contributed by atoms with Crippen molar-refractivity contribution in [3.05, 3.63) is 86.0 Å². The lowest BCUT2D eigenvalue weighted by atomic mass is 10.1. The molecule has 4 aromatic rings. The van der Waals surface area contributed by atoms with Crippen LogP contribution in [-0.4, -0.2) is 23.3 Å². The number of hydrogen-bond donors (Lipinski definition) is 0. The Labute approximate surface area is 189 Å². The first-order chi connectivity index (χ1) is 14.8. The molecule has 2 heterocycles. The van der Waals surface area contributed by atoms with Crippen LogP contribution >= 0.6 is 22.9 Å². The van der Waals surface area contributed by atoms with Crippen molar-refractivity contribution in [1.29, 1.82) is 0 Å². The molecule has 162 valence electrons. The number of nitrogens with zero attached hydrogens (tertiary/aromatic N) is 2. The van der Waals surface area contributed by atoms with Crippen LogP contribution < -0.4 is 5.76 Å². The van der Waals surface area contributed by atoms with Gasteiger partial charge in [-0.2, -0.15) is 4.31 Å². The van der Waals surface area contributed by atoms with Crippen molar-refractivity contribution >= 4 is 44.1 Å². The van der Waals surface area contributed by atoms with E-state index in [9.17, 15) is 13.2 Å². The molecule has 0 aliphatic rings. The summed E-state index contributed by atoms with van der Waals surface area (Å²) in [6.07, 6.45) is 0.590. The number of aromatic nitrogens is 1. The molecule has 0 saturated heterocycles. The number of benzene rings is 2. The summed E-state index contributed by atoms with van der Waals surface area (Å²) in [5.41, 5.74) is 1.61. The monoisotopic (exact) mass is 476 g/mol. The first kappa shape index (κ1) is 21.8. The van der Waals surface area contributed by atoms with Crippen LogP contribution in [0.1, 0.15) is 17.4 Å². The van der Waals surface area contributed by atoms with Gasteiger partial charge in [0.2, 0.25) is 10.0 Å². The fourth-order valence-corrected chi connectivity index (χ4v) is 6.07. The van der Waals surface area contributed by atoms with Crippen LogP contribution in [0.3, 0.4) is 0 Å². The Balaban J connectivity index is 1.74. The molecule has 0 N–H and O–H groups in total. The quantitative estimate of drug-likeness (QED) is 0.388. The van der Waals surface area contributed by atoms with Crippen LogP contribution in [0.15, 0.2) is 74.1 Å². The smallest absolute Gasteiger partial charge is 0.408 e. The first-order valence-electron chi connectivity index (χ1n) is 9.64. The van der Waals surface area contributed by atoms with Crippen LogP contribution in [0.25, 0.3) is 11.1 Å². The Hall–Kier alpha value is -2.39. The highest BCUT2D eigenvalue weighted by molar-refractivity contribution is 7.89. The van der Waals surface area contributed by atoms with Gasteiger partial charge in [0.1, 0.15) is 0 Å². The van der Waals surface area contributed by atoms with Gasteiger partial charge in [-0.15, -0.1) is 11.3 Å². The Morgan fingerprint density at radius 1 is 1.16 bits per heavy atom. The van der Waals surface area contributed by atoms with Crippen LogP contribution in [-0.2, 0) is 30.0 Å². The van der Waals surface area contributed by atoms with Gasteiger partial charge in [-0.05, 0) is 54.6 Å². The first-order valence-corrected chi connectivity index (χ1v) is 12.3. The van der Waals surface area contributed by atoms with E-state index >= 15 is 0 Å². The molecule has 0 aliphatic carbocycles. The Kier molecular flexibility index (Phi) is 6.07. The summed E-state index contributed by atoms with van der Waals surface area (Å²) in [6, 6.07) is 15.3. The van der Waals surface area contributed by atoms with Crippen molar-refractivity contribution in [2.75, 3.05) is 0 Å². The van der Waals surface area contributed by atoms with Crippen molar-refractivity contribution < 1.29 is 12.8 Å². The van der Waals surface area contributed by atoms with E-state index in [1.807, 2.05) is 36.6 Å². The SMILES string of the molecule is C[C@@H](Cc1cccs1)N(Cc1ccc(Cl)cc1)S(=O)(=O)c1ccc2c(c1)oc(=O)n2C. The van der Waals surface area contributed by atoms with Crippen molar-refractivity contribution in [2.24, 2.45) is 7.05 Å². The van der Waals surface area contributed by atoms with Crippen molar-refractivity contribution in [2.45, 2.75) is 30.8 Å². The zero-order valence-electron chi connectivity index (χ0n) is 17.0. The number of aryl methyl sites for hydroxylation is 1. The largest absolute Gasteiger partial charge is 0.419 e. The van der Waals surface area contributed by atoms with Gasteiger partial charge in [-0.3, -0.25) is 4.57 Å². The summed E-state index contributed by atoms with van der Waals surface area (Å²) in [5, 5.41) is 2.57. The molecule has 2 aromatic carbocycles. The van der Waals surface area contributed by atoms with Crippen molar-refractivity contribution in [1.82, 2.24) is 8.87 Å². The number of oxazole rings is 1. The molecule has 0 saturated carbocycles. The lowest BCUT2D eigenvalue weighted by Crippen LogP contribution is -2.39. The maximum absolute atomic E-state index is 13.7. The van der Waals surface area contributed by atoms with Gasteiger partial charge in [0.25, 0.3) is 0 Å². The van der Waals surface area contributed by atoms with Gasteiger partial charge in [0.05, 0.1) is 10.4 Å². The van der Waals surface area contributed by atoms with E-state index in [1.54, 1.807) is 36.6 Å². The van der Waals surface area contributed by atoms with E-state index in [2.05, 4.69) is 0 Å². The van der Waals surface area contributed by atoms with Crippen LogP contribution in [0.2, 0.25) is 5.02 Å². The fourth-order valence-electron chi connectivity index (χ4n) is 3.48. The van der Waals surface area contributed by atoms with E-state index < -0.39 is 15.8 Å². The number of halogens is 1. The molecule has 0 spiro atoms. The normalized spacial score (nSPS) is 13.2. The molecule has 0 amide bonds. The second-order valence-corrected chi connectivity index (χ2v) is 10.7. The second kappa shape index (κ2) is 8.63. The van der Waals surface area contributed by atoms with Gasteiger partial charge in [-0.1, -0.05) is 29.8 Å². The van der Waals surface area contributed by atoms with E-state index in [0.29, 0.717) is 17.0 Å². The number of thiophene rings is 1. The molecule has 1 atom stereocenters. The Bertz CT molecular complexity index is 1360. The maximum atomic E-state index is 13.7. The molecule has 0 radical (unpaired) electrons. The molecule has 9 heteroatoms. The average molecular weight is 477 g/mol. The average Bonchev–Trinajstić information content (AvgIpc) is 3.34. The summed E-state index contributed by atoms with van der Waals surface area (Å²) in [4.78, 5) is 13.0. The Morgan fingerprint density at radius 2 is 1.90 bits per heavy atom. The van der Waals surface area contributed by atoms with Crippen molar-refractivity contribution in [3.8, 4) is 0 Å². The minimum Gasteiger partial charge on any atom is -0.408 e. The Morgan fingerprint density at radius 3 is 2.58 bits per heavy atom. The molecule has 6 nitrogen and oxygen atoms in total. The molecule has 0 unspecified atom stereocenters. The van der Waals surface area contributed by atoms with Crippen LogP contribution in [0.4, 0.5) is 0 Å². The minimum absolute atomic E-state index is 0.0846. The molecule has 2 aromatic heterocycles. The fraction of sp³-hybridized carbons (Fsp3) is 0.227. The summed E-state index contributed by atoms with van der Waals surface area (Å²) in [7, 11) is -2.29. The highest BCUT2D eigenvalue weighted by atomic mass is 35.5. The minimum atomic E-state index is -3.87. The number of fused-ring (bicyclic) bond motifs is 1.